The number of carbonyl (C=O) groups excluding carboxylic acids is 1. The SMILES string of the molecule is Nc1ccccc1CC(=O)c1ccc(CCCn2cnc(CNC3CC3c3ccccc3)c2)cc1. The normalized spacial score (nSPS) is 16.8. The Hall–Kier alpha value is -3.70. The number of ketones is 1. The summed E-state index contributed by atoms with van der Waals surface area (Å²) in [5, 5.41) is 3.64. The molecule has 0 amide bonds. The molecule has 1 saturated carbocycles. The molecular formula is C30H32N4O. The van der Waals surface area contributed by atoms with Crippen molar-refractivity contribution in [1.82, 2.24) is 14.9 Å². The van der Waals surface area contributed by atoms with E-state index < -0.39 is 0 Å². The number of rotatable bonds is 11. The molecule has 0 saturated heterocycles. The second-order valence-electron chi connectivity index (χ2n) is 9.44. The number of para-hydroxylation sites is 1. The van der Waals surface area contributed by atoms with Crippen molar-refractivity contribution >= 4 is 11.5 Å². The Labute approximate surface area is 207 Å². The van der Waals surface area contributed by atoms with Crippen LogP contribution in [0.2, 0.25) is 0 Å². The Morgan fingerprint density at radius 3 is 2.57 bits per heavy atom. The van der Waals surface area contributed by atoms with Gasteiger partial charge in [0.05, 0.1) is 12.0 Å². The number of hydrogen-bond donors (Lipinski definition) is 2. The first kappa shape index (κ1) is 23.1. The van der Waals surface area contributed by atoms with Gasteiger partial charge in [-0.1, -0.05) is 72.8 Å². The monoisotopic (exact) mass is 464 g/mol. The number of nitrogen functional groups attached to an aromatic ring is 1. The number of Topliss-reactive ketones (excluding diaryl/α,β-unsaturated/α-hetero) is 1. The van der Waals surface area contributed by atoms with E-state index in [9.17, 15) is 4.79 Å². The van der Waals surface area contributed by atoms with Crippen LogP contribution in [0.5, 0.6) is 0 Å². The molecule has 2 atom stereocenters. The summed E-state index contributed by atoms with van der Waals surface area (Å²) < 4.78 is 2.17. The summed E-state index contributed by atoms with van der Waals surface area (Å²) in [5.74, 6) is 0.728. The fraction of sp³-hybridized carbons (Fsp3) is 0.267. The highest BCUT2D eigenvalue weighted by atomic mass is 16.1. The number of anilines is 1. The molecule has 35 heavy (non-hydrogen) atoms. The van der Waals surface area contributed by atoms with E-state index in [-0.39, 0.29) is 5.78 Å². The van der Waals surface area contributed by atoms with E-state index >= 15 is 0 Å². The molecule has 2 unspecified atom stereocenters. The van der Waals surface area contributed by atoms with Gasteiger partial charge in [-0.3, -0.25) is 4.79 Å². The Balaban J connectivity index is 1.04. The number of aryl methyl sites for hydroxylation is 2. The largest absolute Gasteiger partial charge is 0.398 e. The highest BCUT2D eigenvalue weighted by Gasteiger charge is 2.37. The van der Waals surface area contributed by atoms with Crippen molar-refractivity contribution in [2.45, 2.75) is 50.7 Å². The number of benzene rings is 3. The van der Waals surface area contributed by atoms with Crippen molar-refractivity contribution in [1.29, 1.82) is 0 Å². The van der Waals surface area contributed by atoms with Crippen molar-refractivity contribution in [2.75, 3.05) is 5.73 Å². The van der Waals surface area contributed by atoms with E-state index in [1.807, 2.05) is 42.7 Å². The molecule has 4 aromatic rings. The molecular weight excluding hydrogens is 432 g/mol. The van der Waals surface area contributed by atoms with Crippen molar-refractivity contribution in [3.63, 3.8) is 0 Å². The third-order valence-corrected chi connectivity index (χ3v) is 6.81. The third kappa shape index (κ3) is 6.06. The van der Waals surface area contributed by atoms with Crippen LogP contribution in [0.15, 0.2) is 91.4 Å². The molecule has 5 nitrogen and oxygen atoms in total. The lowest BCUT2D eigenvalue weighted by Gasteiger charge is -2.07. The molecule has 5 heteroatoms. The van der Waals surface area contributed by atoms with Gasteiger partial charge in [-0.25, -0.2) is 4.98 Å². The van der Waals surface area contributed by atoms with E-state index in [0.717, 1.165) is 42.8 Å². The van der Waals surface area contributed by atoms with Crippen LogP contribution in [0, 0.1) is 0 Å². The molecule has 0 radical (unpaired) electrons. The zero-order chi connectivity index (χ0) is 24.0. The van der Waals surface area contributed by atoms with Crippen LogP contribution in [0.4, 0.5) is 5.69 Å². The van der Waals surface area contributed by atoms with E-state index in [4.69, 9.17) is 5.73 Å². The van der Waals surface area contributed by atoms with E-state index in [2.05, 4.69) is 63.5 Å². The first-order chi connectivity index (χ1) is 17.2. The summed E-state index contributed by atoms with van der Waals surface area (Å²) in [7, 11) is 0. The number of hydrogen-bond acceptors (Lipinski definition) is 4. The van der Waals surface area contributed by atoms with Crippen LogP contribution in [0.1, 0.15) is 51.5 Å². The summed E-state index contributed by atoms with van der Waals surface area (Å²) in [4.78, 5) is 17.2. The quantitative estimate of drug-likeness (QED) is 0.237. The maximum Gasteiger partial charge on any atom is 0.167 e. The molecule has 1 fully saturated rings. The summed E-state index contributed by atoms with van der Waals surface area (Å²) in [5.41, 5.74) is 12.0. The fourth-order valence-electron chi connectivity index (χ4n) is 4.64. The van der Waals surface area contributed by atoms with Gasteiger partial charge in [-0.2, -0.15) is 0 Å². The lowest BCUT2D eigenvalue weighted by atomic mass is 10.00. The van der Waals surface area contributed by atoms with Crippen LogP contribution in [-0.4, -0.2) is 21.4 Å². The number of nitrogens with one attached hydrogen (secondary N) is 1. The van der Waals surface area contributed by atoms with Crippen LogP contribution < -0.4 is 11.1 Å². The smallest absolute Gasteiger partial charge is 0.167 e. The molecule has 1 aliphatic carbocycles. The Kier molecular flexibility index (Phi) is 7.05. The predicted octanol–water partition coefficient (Wildman–Crippen LogP) is 5.17. The number of imidazole rings is 1. The van der Waals surface area contributed by atoms with E-state index in [1.165, 1.54) is 17.5 Å². The fourth-order valence-corrected chi connectivity index (χ4v) is 4.64. The molecule has 0 spiro atoms. The Morgan fingerprint density at radius 1 is 1.00 bits per heavy atom. The summed E-state index contributed by atoms with van der Waals surface area (Å²) in [6.45, 7) is 1.74. The number of carbonyl (C=O) groups is 1. The first-order valence-electron chi connectivity index (χ1n) is 12.4. The summed E-state index contributed by atoms with van der Waals surface area (Å²) >= 11 is 0. The lowest BCUT2D eigenvalue weighted by molar-refractivity contribution is 0.0993. The molecule has 3 N–H and O–H groups in total. The average molecular weight is 465 g/mol. The molecule has 0 bridgehead atoms. The van der Waals surface area contributed by atoms with Gasteiger partial charge in [0, 0.05) is 48.9 Å². The van der Waals surface area contributed by atoms with Gasteiger partial charge >= 0.3 is 0 Å². The van der Waals surface area contributed by atoms with Crippen LogP contribution in [0.25, 0.3) is 0 Å². The van der Waals surface area contributed by atoms with Crippen LogP contribution >= 0.6 is 0 Å². The van der Waals surface area contributed by atoms with Crippen molar-refractivity contribution < 1.29 is 4.79 Å². The standard InChI is InChI=1S/C30H32N4O/c31-28-11-5-4-10-25(28)17-30(35)24-14-12-22(13-15-24)7-6-16-34-20-26(33-21-34)19-32-29-18-27(29)23-8-2-1-3-9-23/h1-5,8-15,20-21,27,29,32H,6-7,16-19,31H2. The van der Waals surface area contributed by atoms with Crippen molar-refractivity contribution in [3.8, 4) is 0 Å². The highest BCUT2D eigenvalue weighted by molar-refractivity contribution is 5.98. The zero-order valence-corrected chi connectivity index (χ0v) is 19.9. The number of nitrogens with zero attached hydrogens (tertiary/aromatic N) is 2. The molecule has 178 valence electrons. The van der Waals surface area contributed by atoms with Gasteiger partial charge in [0.15, 0.2) is 5.78 Å². The molecule has 1 heterocycles. The summed E-state index contributed by atoms with van der Waals surface area (Å²) in [6.07, 6.45) is 7.59. The molecule has 1 aromatic heterocycles. The predicted molar refractivity (Wildman–Crippen MR) is 140 cm³/mol. The van der Waals surface area contributed by atoms with Gasteiger partial charge in [0.2, 0.25) is 0 Å². The minimum Gasteiger partial charge on any atom is -0.398 e. The van der Waals surface area contributed by atoms with Gasteiger partial charge in [0.25, 0.3) is 0 Å². The first-order valence-corrected chi connectivity index (χ1v) is 12.4. The summed E-state index contributed by atoms with van der Waals surface area (Å²) in [6, 6.07) is 26.8. The van der Waals surface area contributed by atoms with Gasteiger partial charge in [0.1, 0.15) is 0 Å². The molecule has 1 aliphatic rings. The maximum atomic E-state index is 12.6. The topological polar surface area (TPSA) is 72.9 Å². The van der Waals surface area contributed by atoms with Crippen LogP contribution in [-0.2, 0) is 25.9 Å². The van der Waals surface area contributed by atoms with Gasteiger partial charge in [-0.15, -0.1) is 0 Å². The molecule has 3 aromatic carbocycles. The second kappa shape index (κ2) is 10.7. The Bertz CT molecular complexity index is 1260. The number of nitrogens with two attached hydrogens (primary N) is 1. The van der Waals surface area contributed by atoms with Gasteiger partial charge in [-0.05, 0) is 42.0 Å². The highest BCUT2D eigenvalue weighted by Crippen LogP contribution is 2.40. The average Bonchev–Trinajstić information content (AvgIpc) is 3.54. The van der Waals surface area contributed by atoms with Gasteiger partial charge < -0.3 is 15.6 Å². The molecule has 0 aliphatic heterocycles. The van der Waals surface area contributed by atoms with Crippen molar-refractivity contribution in [3.05, 3.63) is 119 Å². The van der Waals surface area contributed by atoms with Crippen molar-refractivity contribution in [2.24, 2.45) is 0 Å². The zero-order valence-electron chi connectivity index (χ0n) is 19.9. The second-order valence-corrected chi connectivity index (χ2v) is 9.44. The van der Waals surface area contributed by atoms with Crippen LogP contribution in [0.3, 0.4) is 0 Å². The van der Waals surface area contributed by atoms with E-state index in [0.29, 0.717) is 24.1 Å². The maximum absolute atomic E-state index is 12.6. The minimum absolute atomic E-state index is 0.0929. The van der Waals surface area contributed by atoms with E-state index in [1.54, 1.807) is 0 Å². The third-order valence-electron chi connectivity index (χ3n) is 6.81. The Morgan fingerprint density at radius 2 is 1.77 bits per heavy atom. The lowest BCUT2D eigenvalue weighted by Crippen LogP contribution is -2.17. The molecule has 5 rings (SSSR count). The number of aromatic nitrogens is 2. The minimum atomic E-state index is 0.0929.